The molecule has 196 valence electrons. The van der Waals surface area contributed by atoms with Crippen LogP contribution in [0, 0.1) is 0 Å². The van der Waals surface area contributed by atoms with Crippen molar-refractivity contribution in [2.45, 2.75) is 0 Å². The molecule has 0 spiro atoms. The van der Waals surface area contributed by atoms with E-state index in [2.05, 4.69) is 170 Å². The highest BCUT2D eigenvalue weighted by molar-refractivity contribution is 6.29. The predicted octanol–water partition coefficient (Wildman–Crippen LogP) is 11.8. The van der Waals surface area contributed by atoms with E-state index in [0.29, 0.717) is 0 Å². The SMILES string of the molecule is c1ccc(-c2ccc(-c3cccc(-c4cc(-c5ccccc5)c5c6ccccc6c6ccccc6c5c4)c3)cc2)cc1. The molecule has 0 nitrogen and oxygen atoms in total. The van der Waals surface area contributed by atoms with Crippen molar-refractivity contribution < 1.29 is 0 Å². The summed E-state index contributed by atoms with van der Waals surface area (Å²) in [4.78, 5) is 0. The highest BCUT2D eigenvalue weighted by Gasteiger charge is 2.15. The van der Waals surface area contributed by atoms with Gasteiger partial charge in [-0.05, 0) is 95.0 Å². The van der Waals surface area contributed by atoms with Crippen molar-refractivity contribution >= 4 is 32.3 Å². The predicted molar refractivity (Wildman–Crippen MR) is 181 cm³/mol. The van der Waals surface area contributed by atoms with Crippen molar-refractivity contribution in [3.8, 4) is 44.5 Å². The van der Waals surface area contributed by atoms with E-state index in [1.165, 1.54) is 76.8 Å². The van der Waals surface area contributed by atoms with E-state index in [9.17, 15) is 0 Å². The van der Waals surface area contributed by atoms with Crippen LogP contribution < -0.4 is 0 Å². The highest BCUT2D eigenvalue weighted by Crippen LogP contribution is 2.43. The first kappa shape index (κ1) is 24.3. The average molecular weight is 533 g/mol. The van der Waals surface area contributed by atoms with Crippen molar-refractivity contribution in [1.82, 2.24) is 0 Å². The van der Waals surface area contributed by atoms with Crippen LogP contribution in [0.1, 0.15) is 0 Å². The first-order chi connectivity index (χ1) is 20.8. The Morgan fingerprint density at radius 1 is 0.214 bits per heavy atom. The standard InChI is InChI=1S/C42H28/c1-3-12-29(13-4-1)30-22-24-31(25-23-30)33-16-11-17-34(26-33)35-27-40(32-14-5-2-6-15-32)42-39-21-10-9-19-37(39)36-18-7-8-20-38(36)41(42)28-35/h1-28H. The molecule has 0 heterocycles. The van der Waals surface area contributed by atoms with Crippen LogP contribution in [0.15, 0.2) is 170 Å². The first-order valence-electron chi connectivity index (χ1n) is 14.5. The quantitative estimate of drug-likeness (QED) is 0.198. The number of fused-ring (bicyclic) bond motifs is 6. The van der Waals surface area contributed by atoms with E-state index in [1.54, 1.807) is 0 Å². The van der Waals surface area contributed by atoms with Gasteiger partial charge < -0.3 is 0 Å². The maximum Gasteiger partial charge on any atom is -0.00199 e. The van der Waals surface area contributed by atoms with Crippen LogP contribution in [-0.2, 0) is 0 Å². The Morgan fingerprint density at radius 2 is 0.643 bits per heavy atom. The van der Waals surface area contributed by atoms with Crippen molar-refractivity contribution in [2.24, 2.45) is 0 Å². The third-order valence-electron chi connectivity index (χ3n) is 8.45. The van der Waals surface area contributed by atoms with Crippen molar-refractivity contribution in [3.63, 3.8) is 0 Å². The molecule has 0 aliphatic carbocycles. The maximum absolute atomic E-state index is 2.40. The van der Waals surface area contributed by atoms with Crippen molar-refractivity contribution in [1.29, 1.82) is 0 Å². The molecule has 8 rings (SSSR count). The number of benzene rings is 8. The van der Waals surface area contributed by atoms with E-state index in [1.807, 2.05) is 0 Å². The molecule has 8 aromatic rings. The topological polar surface area (TPSA) is 0 Å². The van der Waals surface area contributed by atoms with Crippen LogP contribution in [0.5, 0.6) is 0 Å². The van der Waals surface area contributed by atoms with Gasteiger partial charge in [0.05, 0.1) is 0 Å². The Bertz CT molecular complexity index is 2210. The van der Waals surface area contributed by atoms with E-state index in [0.717, 1.165) is 0 Å². The Kier molecular flexibility index (Phi) is 5.90. The average Bonchev–Trinajstić information content (AvgIpc) is 3.09. The largest absolute Gasteiger partial charge is 0.0622 e. The molecule has 0 saturated carbocycles. The second kappa shape index (κ2) is 10.2. The summed E-state index contributed by atoms with van der Waals surface area (Å²) in [5, 5.41) is 7.78. The van der Waals surface area contributed by atoms with Gasteiger partial charge in [-0.2, -0.15) is 0 Å². The smallest absolute Gasteiger partial charge is 0.00199 e. The van der Waals surface area contributed by atoms with Crippen molar-refractivity contribution in [3.05, 3.63) is 170 Å². The summed E-state index contributed by atoms with van der Waals surface area (Å²) in [5.41, 5.74) is 9.85. The summed E-state index contributed by atoms with van der Waals surface area (Å²) in [6, 6.07) is 61.7. The number of hydrogen-bond donors (Lipinski definition) is 0. The molecule has 0 aromatic heterocycles. The van der Waals surface area contributed by atoms with Gasteiger partial charge in [0.2, 0.25) is 0 Å². The minimum Gasteiger partial charge on any atom is -0.0622 e. The Balaban J connectivity index is 1.34. The van der Waals surface area contributed by atoms with Crippen molar-refractivity contribution in [2.75, 3.05) is 0 Å². The molecule has 0 bridgehead atoms. The van der Waals surface area contributed by atoms with Gasteiger partial charge in [-0.15, -0.1) is 0 Å². The lowest BCUT2D eigenvalue weighted by atomic mass is 9.86. The molecule has 0 radical (unpaired) electrons. The Morgan fingerprint density at radius 3 is 1.29 bits per heavy atom. The molecule has 0 fully saturated rings. The molecule has 0 N–H and O–H groups in total. The van der Waals surface area contributed by atoms with E-state index in [4.69, 9.17) is 0 Å². The molecule has 0 saturated heterocycles. The van der Waals surface area contributed by atoms with E-state index >= 15 is 0 Å². The Hall–Kier alpha value is -5.46. The molecule has 0 aliphatic rings. The van der Waals surface area contributed by atoms with Gasteiger partial charge in [0, 0.05) is 0 Å². The lowest BCUT2D eigenvalue weighted by molar-refractivity contribution is 1.58. The van der Waals surface area contributed by atoms with Gasteiger partial charge in [-0.3, -0.25) is 0 Å². The molecule has 0 atom stereocenters. The van der Waals surface area contributed by atoms with Crippen LogP contribution in [0.25, 0.3) is 76.8 Å². The molecule has 0 unspecified atom stereocenters. The summed E-state index contributed by atoms with van der Waals surface area (Å²) in [6.07, 6.45) is 0. The lowest BCUT2D eigenvalue weighted by Crippen LogP contribution is -1.90. The zero-order valence-electron chi connectivity index (χ0n) is 23.2. The van der Waals surface area contributed by atoms with Gasteiger partial charge in [-0.25, -0.2) is 0 Å². The zero-order chi connectivity index (χ0) is 27.9. The first-order valence-corrected chi connectivity index (χ1v) is 14.5. The minimum atomic E-state index is 1.22. The molecule has 8 aromatic carbocycles. The maximum atomic E-state index is 2.40. The highest BCUT2D eigenvalue weighted by atomic mass is 14.2. The third-order valence-corrected chi connectivity index (χ3v) is 8.45. The van der Waals surface area contributed by atoms with Crippen LogP contribution >= 0.6 is 0 Å². The normalized spacial score (nSPS) is 11.3. The van der Waals surface area contributed by atoms with Gasteiger partial charge >= 0.3 is 0 Å². The monoisotopic (exact) mass is 532 g/mol. The molecule has 42 heavy (non-hydrogen) atoms. The van der Waals surface area contributed by atoms with E-state index < -0.39 is 0 Å². The fraction of sp³-hybridized carbons (Fsp3) is 0. The molecular formula is C42H28. The van der Waals surface area contributed by atoms with E-state index in [-0.39, 0.29) is 0 Å². The van der Waals surface area contributed by atoms with Gasteiger partial charge in [0.15, 0.2) is 0 Å². The number of hydrogen-bond acceptors (Lipinski definition) is 0. The summed E-state index contributed by atoms with van der Waals surface area (Å²) in [7, 11) is 0. The lowest BCUT2D eigenvalue weighted by Gasteiger charge is -2.17. The van der Waals surface area contributed by atoms with Crippen LogP contribution in [0.3, 0.4) is 0 Å². The van der Waals surface area contributed by atoms with Gasteiger partial charge in [0.25, 0.3) is 0 Å². The molecule has 0 heteroatoms. The molecular weight excluding hydrogens is 504 g/mol. The fourth-order valence-corrected chi connectivity index (χ4v) is 6.41. The number of rotatable bonds is 4. The Labute approximate surface area is 246 Å². The second-order valence-corrected chi connectivity index (χ2v) is 10.9. The second-order valence-electron chi connectivity index (χ2n) is 10.9. The third kappa shape index (κ3) is 4.17. The van der Waals surface area contributed by atoms with Crippen LogP contribution in [-0.4, -0.2) is 0 Å². The zero-order valence-corrected chi connectivity index (χ0v) is 23.2. The van der Waals surface area contributed by atoms with Gasteiger partial charge in [-0.1, -0.05) is 152 Å². The van der Waals surface area contributed by atoms with Crippen LogP contribution in [0.4, 0.5) is 0 Å². The molecule has 0 amide bonds. The van der Waals surface area contributed by atoms with Gasteiger partial charge in [0.1, 0.15) is 0 Å². The summed E-state index contributed by atoms with van der Waals surface area (Å²) in [5.74, 6) is 0. The summed E-state index contributed by atoms with van der Waals surface area (Å²) in [6.45, 7) is 0. The van der Waals surface area contributed by atoms with Crippen LogP contribution in [0.2, 0.25) is 0 Å². The fourth-order valence-electron chi connectivity index (χ4n) is 6.41. The summed E-state index contributed by atoms with van der Waals surface area (Å²) < 4.78 is 0. The molecule has 0 aliphatic heterocycles. The summed E-state index contributed by atoms with van der Waals surface area (Å²) >= 11 is 0. The minimum absolute atomic E-state index is 1.22.